The van der Waals surface area contributed by atoms with Gasteiger partial charge in [-0.05, 0) is 26.2 Å². The van der Waals surface area contributed by atoms with E-state index in [-0.39, 0.29) is 18.2 Å². The second-order valence-corrected chi connectivity index (χ2v) is 4.71. The molecule has 2 N–H and O–H groups in total. The smallest absolute Gasteiger partial charge is 0.333 e. The Morgan fingerprint density at radius 2 is 2.25 bits per heavy atom. The quantitative estimate of drug-likeness (QED) is 0.557. The fourth-order valence-electron chi connectivity index (χ4n) is 2.03. The van der Waals surface area contributed by atoms with Crippen LogP contribution in [0, 0.1) is 10.1 Å². The summed E-state index contributed by atoms with van der Waals surface area (Å²) < 4.78 is 1.46. The fraction of sp³-hybridized carbons (Fsp3) is 0.667. The SMILES string of the molecule is CCc1nn(C)c(NC(C)CCCC(=O)O)c1[N+](=O)[O-]. The molecule has 0 aromatic carbocycles. The molecule has 112 valence electrons. The summed E-state index contributed by atoms with van der Waals surface area (Å²) in [7, 11) is 1.65. The van der Waals surface area contributed by atoms with Gasteiger partial charge in [-0.15, -0.1) is 0 Å². The maximum atomic E-state index is 11.1. The first-order valence-corrected chi connectivity index (χ1v) is 6.55. The normalized spacial score (nSPS) is 12.2. The number of carbonyl (C=O) groups is 1. The van der Waals surface area contributed by atoms with Gasteiger partial charge in [0.25, 0.3) is 0 Å². The van der Waals surface area contributed by atoms with Crippen molar-refractivity contribution in [1.82, 2.24) is 9.78 Å². The molecule has 0 aliphatic heterocycles. The van der Waals surface area contributed by atoms with E-state index in [0.29, 0.717) is 30.8 Å². The molecule has 0 spiro atoms. The average Bonchev–Trinajstić information content (AvgIpc) is 2.65. The Morgan fingerprint density at radius 3 is 2.75 bits per heavy atom. The molecule has 8 heteroatoms. The number of nitrogens with one attached hydrogen (secondary N) is 1. The molecule has 1 aromatic rings. The number of aromatic nitrogens is 2. The largest absolute Gasteiger partial charge is 0.481 e. The van der Waals surface area contributed by atoms with Crippen molar-refractivity contribution in [2.24, 2.45) is 7.05 Å². The van der Waals surface area contributed by atoms with E-state index >= 15 is 0 Å². The topological polar surface area (TPSA) is 110 Å². The maximum Gasteiger partial charge on any atom is 0.333 e. The molecular formula is C12H20N4O4. The van der Waals surface area contributed by atoms with E-state index in [0.717, 1.165) is 0 Å². The molecule has 0 radical (unpaired) electrons. The number of hydrogen-bond donors (Lipinski definition) is 2. The Labute approximate surface area is 116 Å². The van der Waals surface area contributed by atoms with Gasteiger partial charge < -0.3 is 10.4 Å². The molecule has 0 aliphatic rings. The van der Waals surface area contributed by atoms with E-state index in [1.165, 1.54) is 4.68 Å². The minimum Gasteiger partial charge on any atom is -0.481 e. The summed E-state index contributed by atoms with van der Waals surface area (Å²) >= 11 is 0. The van der Waals surface area contributed by atoms with Gasteiger partial charge in [-0.1, -0.05) is 6.92 Å². The van der Waals surface area contributed by atoms with Crippen molar-refractivity contribution in [2.75, 3.05) is 5.32 Å². The molecule has 1 atom stereocenters. The molecule has 0 fully saturated rings. The van der Waals surface area contributed by atoms with Crippen LogP contribution >= 0.6 is 0 Å². The summed E-state index contributed by atoms with van der Waals surface area (Å²) in [6.45, 7) is 3.68. The first-order valence-electron chi connectivity index (χ1n) is 6.55. The molecule has 20 heavy (non-hydrogen) atoms. The molecule has 0 saturated heterocycles. The van der Waals surface area contributed by atoms with Crippen molar-refractivity contribution in [3.63, 3.8) is 0 Å². The van der Waals surface area contributed by atoms with Crippen LogP contribution in [0.2, 0.25) is 0 Å². The zero-order valence-corrected chi connectivity index (χ0v) is 11.9. The highest BCUT2D eigenvalue weighted by Crippen LogP contribution is 2.29. The van der Waals surface area contributed by atoms with Gasteiger partial charge in [0.15, 0.2) is 0 Å². The Morgan fingerprint density at radius 1 is 1.60 bits per heavy atom. The Balaban J connectivity index is 2.78. The lowest BCUT2D eigenvalue weighted by atomic mass is 10.1. The number of carboxylic acids is 1. The van der Waals surface area contributed by atoms with Crippen LogP contribution < -0.4 is 5.32 Å². The van der Waals surface area contributed by atoms with Gasteiger partial charge in [-0.25, -0.2) is 4.68 Å². The first kappa shape index (κ1) is 15.9. The predicted octanol–water partition coefficient (Wildman–Crippen LogP) is 1.95. The minimum atomic E-state index is -0.836. The van der Waals surface area contributed by atoms with Crippen molar-refractivity contribution < 1.29 is 14.8 Å². The van der Waals surface area contributed by atoms with Crippen molar-refractivity contribution >= 4 is 17.5 Å². The van der Waals surface area contributed by atoms with Crippen LogP contribution in [0.4, 0.5) is 11.5 Å². The Kier molecular flexibility index (Phi) is 5.48. The molecule has 1 aromatic heterocycles. The summed E-state index contributed by atoms with van der Waals surface area (Å²) in [6.07, 6.45) is 1.73. The van der Waals surface area contributed by atoms with Crippen LogP contribution in [0.15, 0.2) is 0 Å². The maximum absolute atomic E-state index is 11.1. The zero-order chi connectivity index (χ0) is 15.3. The number of nitrogens with zero attached hydrogens (tertiary/aromatic N) is 3. The third-order valence-corrected chi connectivity index (χ3v) is 3.02. The fourth-order valence-corrected chi connectivity index (χ4v) is 2.03. The van der Waals surface area contributed by atoms with E-state index < -0.39 is 10.9 Å². The molecule has 0 bridgehead atoms. The molecule has 8 nitrogen and oxygen atoms in total. The third kappa shape index (κ3) is 3.94. The lowest BCUT2D eigenvalue weighted by Gasteiger charge is -2.14. The second kappa shape index (κ2) is 6.88. The van der Waals surface area contributed by atoms with Crippen molar-refractivity contribution in [3.05, 3.63) is 15.8 Å². The summed E-state index contributed by atoms with van der Waals surface area (Å²) in [5, 5.41) is 26.9. The van der Waals surface area contributed by atoms with E-state index in [9.17, 15) is 14.9 Å². The molecular weight excluding hydrogens is 264 g/mol. The highest BCUT2D eigenvalue weighted by Gasteiger charge is 2.26. The minimum absolute atomic E-state index is 0.0000783. The molecule has 1 unspecified atom stereocenters. The van der Waals surface area contributed by atoms with Gasteiger partial charge in [0.2, 0.25) is 5.82 Å². The van der Waals surface area contributed by atoms with Crippen molar-refractivity contribution in [3.8, 4) is 0 Å². The van der Waals surface area contributed by atoms with Crippen LogP contribution in [-0.2, 0) is 18.3 Å². The number of aliphatic carboxylic acids is 1. The number of nitro groups is 1. The van der Waals surface area contributed by atoms with Gasteiger partial charge in [-0.3, -0.25) is 14.9 Å². The monoisotopic (exact) mass is 284 g/mol. The average molecular weight is 284 g/mol. The lowest BCUT2D eigenvalue weighted by molar-refractivity contribution is -0.384. The Bertz CT molecular complexity index is 498. The molecule has 0 aliphatic carbocycles. The number of hydrogen-bond acceptors (Lipinski definition) is 5. The van der Waals surface area contributed by atoms with Gasteiger partial charge >= 0.3 is 11.7 Å². The van der Waals surface area contributed by atoms with Crippen LogP contribution in [-0.4, -0.2) is 31.8 Å². The molecule has 0 amide bonds. The van der Waals surface area contributed by atoms with E-state index in [4.69, 9.17) is 5.11 Å². The van der Waals surface area contributed by atoms with Gasteiger partial charge in [0, 0.05) is 19.5 Å². The highest BCUT2D eigenvalue weighted by molar-refractivity contribution is 5.66. The second-order valence-electron chi connectivity index (χ2n) is 4.71. The van der Waals surface area contributed by atoms with Gasteiger partial charge in [0.1, 0.15) is 5.69 Å². The molecule has 1 heterocycles. The van der Waals surface area contributed by atoms with E-state index in [2.05, 4.69) is 10.4 Å². The predicted molar refractivity (Wildman–Crippen MR) is 73.8 cm³/mol. The summed E-state index contributed by atoms with van der Waals surface area (Å²) in [6, 6.07) is -0.0619. The summed E-state index contributed by atoms with van der Waals surface area (Å²) in [5.74, 6) is -0.466. The number of rotatable bonds is 8. The number of carboxylic acid groups (broad SMARTS) is 1. The first-order chi connectivity index (χ1) is 9.36. The standard InChI is InChI=1S/C12H20N4O4/c1-4-9-11(16(19)20)12(15(3)14-9)13-8(2)6-5-7-10(17)18/h8,13H,4-7H2,1-3H3,(H,17,18). The zero-order valence-electron chi connectivity index (χ0n) is 11.9. The van der Waals surface area contributed by atoms with Gasteiger partial charge in [0.05, 0.1) is 4.92 Å². The third-order valence-electron chi connectivity index (χ3n) is 3.02. The van der Waals surface area contributed by atoms with Gasteiger partial charge in [-0.2, -0.15) is 5.10 Å². The van der Waals surface area contributed by atoms with Crippen molar-refractivity contribution in [1.29, 1.82) is 0 Å². The summed E-state index contributed by atoms with van der Waals surface area (Å²) in [4.78, 5) is 21.2. The van der Waals surface area contributed by atoms with Crippen LogP contribution in [0.1, 0.15) is 38.8 Å². The van der Waals surface area contributed by atoms with Crippen molar-refractivity contribution in [2.45, 2.75) is 45.6 Å². The number of aryl methyl sites for hydroxylation is 2. The Hall–Kier alpha value is -2.12. The molecule has 1 rings (SSSR count). The lowest BCUT2D eigenvalue weighted by Crippen LogP contribution is -2.18. The van der Waals surface area contributed by atoms with Crippen LogP contribution in [0.25, 0.3) is 0 Å². The summed E-state index contributed by atoms with van der Waals surface area (Å²) in [5.41, 5.74) is 0.442. The highest BCUT2D eigenvalue weighted by atomic mass is 16.6. The number of anilines is 1. The van der Waals surface area contributed by atoms with E-state index in [1.54, 1.807) is 7.05 Å². The van der Waals surface area contributed by atoms with Crippen LogP contribution in [0.3, 0.4) is 0 Å². The van der Waals surface area contributed by atoms with E-state index in [1.807, 2.05) is 13.8 Å². The van der Waals surface area contributed by atoms with Crippen LogP contribution in [0.5, 0.6) is 0 Å². The molecule has 0 saturated carbocycles.